The molecule has 17 nitrogen and oxygen atoms in total. The van der Waals surface area contributed by atoms with Crippen LogP contribution in [0.15, 0.2) is 85.1 Å². The second-order valence-corrected chi connectivity index (χ2v) is 28.1. The van der Waals surface area contributed by atoms with Crippen LogP contribution in [0.3, 0.4) is 0 Å². The van der Waals surface area contributed by atoms with E-state index in [-0.39, 0.29) is 25.7 Å². The van der Waals surface area contributed by atoms with Crippen LogP contribution in [0, 0.1) is 0 Å². The number of aliphatic hydroxyl groups is 1. The van der Waals surface area contributed by atoms with E-state index in [0.717, 1.165) is 173 Å². The maximum atomic E-state index is 13.1. The standard InChI is InChI=1S/C77H136O17P2/c1-5-9-13-17-21-25-29-33-35-39-42-46-50-54-58-62-75(80)88-68-73(94-77(82)64-60-56-52-48-44-40-36-34-30-26-22-18-14-10-6-2)70-92-96(85,86)90-66-71(78)65-89-95(83,84)91-69-72(93-76(81)63-59-55-51-47-43-38-32-28-24-20-16-12-8-4)67-87-74(79)61-57-53-49-45-41-37-31-27-23-19-15-11-7-3/h9,13,21-22,25-28,31-36,71-73,78H,5-8,10-12,14-20,23-24,29-30,37-70H2,1-4H3,(H,83,84)(H,85,86)/b13-9-,25-21-,26-22-,31-27-,32-28-,35-33-,36-34-. The van der Waals surface area contributed by atoms with Gasteiger partial charge in [0.15, 0.2) is 12.2 Å². The van der Waals surface area contributed by atoms with Crippen LogP contribution in [0.2, 0.25) is 0 Å². The minimum absolute atomic E-state index is 0.0756. The third kappa shape index (κ3) is 68.8. The van der Waals surface area contributed by atoms with E-state index in [1.807, 2.05) is 0 Å². The highest BCUT2D eigenvalue weighted by atomic mass is 31.2. The number of unbranched alkanes of at least 4 members (excludes halogenated alkanes) is 31. The van der Waals surface area contributed by atoms with Gasteiger partial charge in [-0.3, -0.25) is 37.3 Å². The van der Waals surface area contributed by atoms with Gasteiger partial charge < -0.3 is 33.8 Å². The van der Waals surface area contributed by atoms with E-state index in [1.54, 1.807) is 0 Å². The summed E-state index contributed by atoms with van der Waals surface area (Å²) in [4.78, 5) is 72.8. The van der Waals surface area contributed by atoms with Crippen LogP contribution in [-0.4, -0.2) is 96.7 Å². The summed E-state index contributed by atoms with van der Waals surface area (Å²) in [6, 6.07) is 0. The number of phosphoric ester groups is 2. The smallest absolute Gasteiger partial charge is 0.462 e. The molecule has 0 amide bonds. The van der Waals surface area contributed by atoms with Gasteiger partial charge in [-0.15, -0.1) is 0 Å². The Hall–Kier alpha value is -3.76. The number of hydrogen-bond donors (Lipinski definition) is 3. The molecular formula is C77H136O17P2. The highest BCUT2D eigenvalue weighted by Gasteiger charge is 2.30. The lowest BCUT2D eigenvalue weighted by molar-refractivity contribution is -0.161. The van der Waals surface area contributed by atoms with Gasteiger partial charge in [-0.25, -0.2) is 9.13 Å². The Balaban J connectivity index is 5.37. The molecule has 0 aliphatic carbocycles. The van der Waals surface area contributed by atoms with Crippen molar-refractivity contribution in [2.24, 2.45) is 0 Å². The second kappa shape index (κ2) is 69.7. The Morgan fingerprint density at radius 2 is 0.542 bits per heavy atom. The molecule has 0 aromatic rings. The molecule has 0 saturated carbocycles. The number of phosphoric acid groups is 2. The van der Waals surface area contributed by atoms with Crippen LogP contribution in [0.4, 0.5) is 0 Å². The zero-order valence-corrected chi connectivity index (χ0v) is 62.3. The van der Waals surface area contributed by atoms with Crippen LogP contribution in [0.1, 0.15) is 323 Å². The fraction of sp³-hybridized carbons (Fsp3) is 0.766. The number of carbonyl (C=O) groups excluding carboxylic acids is 4. The zero-order chi connectivity index (χ0) is 70.4. The first-order valence-electron chi connectivity index (χ1n) is 37.8. The molecule has 5 atom stereocenters. The van der Waals surface area contributed by atoms with Gasteiger partial charge in [0, 0.05) is 25.7 Å². The molecule has 5 unspecified atom stereocenters. The van der Waals surface area contributed by atoms with E-state index >= 15 is 0 Å². The Morgan fingerprint density at radius 1 is 0.302 bits per heavy atom. The second-order valence-electron chi connectivity index (χ2n) is 25.2. The monoisotopic (exact) mass is 1390 g/mol. The lowest BCUT2D eigenvalue weighted by Gasteiger charge is -2.21. The summed E-state index contributed by atoms with van der Waals surface area (Å²) >= 11 is 0. The van der Waals surface area contributed by atoms with Crippen molar-refractivity contribution in [3.8, 4) is 0 Å². The van der Waals surface area contributed by atoms with Gasteiger partial charge in [0.2, 0.25) is 0 Å². The molecule has 0 spiro atoms. The summed E-state index contributed by atoms with van der Waals surface area (Å²) in [5, 5.41) is 10.6. The highest BCUT2D eigenvalue weighted by Crippen LogP contribution is 2.45. The van der Waals surface area contributed by atoms with Gasteiger partial charge in [0.05, 0.1) is 26.4 Å². The summed E-state index contributed by atoms with van der Waals surface area (Å²) in [6.45, 7) is 4.67. The number of allylic oxidation sites excluding steroid dienone is 14. The number of carbonyl (C=O) groups is 4. The fourth-order valence-corrected chi connectivity index (χ4v) is 11.6. The number of ether oxygens (including phenoxy) is 4. The maximum absolute atomic E-state index is 13.1. The minimum atomic E-state index is -4.98. The first-order valence-corrected chi connectivity index (χ1v) is 40.8. The van der Waals surface area contributed by atoms with Crippen LogP contribution >= 0.6 is 15.6 Å². The number of hydrogen-bond acceptors (Lipinski definition) is 15. The predicted molar refractivity (Wildman–Crippen MR) is 390 cm³/mol. The van der Waals surface area contributed by atoms with Crippen LogP contribution in [-0.2, 0) is 65.4 Å². The lowest BCUT2D eigenvalue weighted by atomic mass is 10.1. The molecule has 0 saturated heterocycles. The summed E-state index contributed by atoms with van der Waals surface area (Å²) in [5.74, 6) is -2.21. The third-order valence-corrected chi connectivity index (χ3v) is 17.7. The quantitative estimate of drug-likeness (QED) is 0.0169. The number of rotatable bonds is 71. The molecule has 556 valence electrons. The van der Waals surface area contributed by atoms with E-state index in [0.29, 0.717) is 25.7 Å². The first-order chi connectivity index (χ1) is 46.7. The van der Waals surface area contributed by atoms with Crippen LogP contribution in [0.5, 0.6) is 0 Å². The maximum Gasteiger partial charge on any atom is 0.472 e. The van der Waals surface area contributed by atoms with E-state index in [9.17, 15) is 43.2 Å². The van der Waals surface area contributed by atoms with Crippen molar-refractivity contribution in [3.63, 3.8) is 0 Å². The van der Waals surface area contributed by atoms with Crippen molar-refractivity contribution in [1.82, 2.24) is 0 Å². The van der Waals surface area contributed by atoms with Gasteiger partial charge >= 0.3 is 39.5 Å². The van der Waals surface area contributed by atoms with E-state index in [4.69, 9.17) is 37.0 Å². The molecular weight excluding hydrogens is 1260 g/mol. The molecule has 0 radical (unpaired) electrons. The molecule has 0 aliphatic rings. The average molecular weight is 1400 g/mol. The molecule has 0 heterocycles. The van der Waals surface area contributed by atoms with Crippen LogP contribution in [0.25, 0.3) is 0 Å². The zero-order valence-electron chi connectivity index (χ0n) is 60.5. The molecule has 19 heteroatoms. The van der Waals surface area contributed by atoms with Crippen molar-refractivity contribution >= 4 is 39.5 Å². The lowest BCUT2D eigenvalue weighted by Crippen LogP contribution is -2.30. The molecule has 0 bridgehead atoms. The molecule has 96 heavy (non-hydrogen) atoms. The van der Waals surface area contributed by atoms with Gasteiger partial charge in [0.25, 0.3) is 0 Å². The SMILES string of the molecule is CC/C=C\C/C=C\C/C=C\CCCCCCCC(=O)OCC(COP(=O)(O)OCC(O)COP(=O)(O)OCC(COC(=O)CCCCCCC/C=C\CCCCCC)OC(=O)CCCCCCC/C=C\CCCCCC)OC(=O)CCCCCCC/C=C\C/C=C\CCCCC. The topological polar surface area (TPSA) is 237 Å². The normalized spacial score (nSPS) is 14.4. The number of aliphatic hydroxyl groups excluding tert-OH is 1. The van der Waals surface area contributed by atoms with Gasteiger partial charge in [-0.05, 0) is 141 Å². The molecule has 0 aromatic carbocycles. The molecule has 0 fully saturated rings. The number of esters is 4. The third-order valence-electron chi connectivity index (χ3n) is 15.8. The summed E-state index contributed by atoms with van der Waals surface area (Å²) in [6.07, 6.45) is 70.0. The van der Waals surface area contributed by atoms with Gasteiger partial charge in [-0.2, -0.15) is 0 Å². The van der Waals surface area contributed by atoms with E-state index in [1.165, 1.54) is 70.6 Å². The van der Waals surface area contributed by atoms with Gasteiger partial charge in [0.1, 0.15) is 19.3 Å². The Morgan fingerprint density at radius 3 is 0.865 bits per heavy atom. The Bertz CT molecular complexity index is 2160. The largest absolute Gasteiger partial charge is 0.472 e. The van der Waals surface area contributed by atoms with Gasteiger partial charge in [-0.1, -0.05) is 241 Å². The minimum Gasteiger partial charge on any atom is -0.462 e. The summed E-state index contributed by atoms with van der Waals surface area (Å²) in [7, 11) is -9.95. The summed E-state index contributed by atoms with van der Waals surface area (Å²) in [5.41, 5.74) is 0. The predicted octanol–water partition coefficient (Wildman–Crippen LogP) is 21.4. The average Bonchev–Trinajstić information content (AvgIpc) is 1.36. The Kier molecular flexibility index (Phi) is 67.0. The molecule has 3 N–H and O–H groups in total. The van der Waals surface area contributed by atoms with Crippen molar-refractivity contribution in [3.05, 3.63) is 85.1 Å². The molecule has 0 rings (SSSR count). The van der Waals surface area contributed by atoms with E-state index in [2.05, 4.69) is 113 Å². The van der Waals surface area contributed by atoms with Crippen molar-refractivity contribution < 1.29 is 80.2 Å². The molecule has 0 aliphatic heterocycles. The van der Waals surface area contributed by atoms with Crippen molar-refractivity contribution in [2.75, 3.05) is 39.6 Å². The molecule has 0 aromatic heterocycles. The fourth-order valence-electron chi connectivity index (χ4n) is 10.0. The first kappa shape index (κ1) is 92.2. The Labute approximate surface area is 583 Å². The van der Waals surface area contributed by atoms with Crippen molar-refractivity contribution in [1.29, 1.82) is 0 Å². The highest BCUT2D eigenvalue weighted by molar-refractivity contribution is 7.47. The van der Waals surface area contributed by atoms with E-state index < -0.39 is 97.5 Å². The van der Waals surface area contributed by atoms with Crippen LogP contribution < -0.4 is 0 Å². The summed E-state index contributed by atoms with van der Waals surface area (Å²) < 4.78 is 68.4. The van der Waals surface area contributed by atoms with Crippen molar-refractivity contribution in [2.45, 2.75) is 341 Å².